The van der Waals surface area contributed by atoms with Gasteiger partial charge in [-0.2, -0.15) is 0 Å². The van der Waals surface area contributed by atoms with E-state index in [4.69, 9.17) is 15.5 Å². The van der Waals surface area contributed by atoms with E-state index in [-0.39, 0.29) is 36.3 Å². The summed E-state index contributed by atoms with van der Waals surface area (Å²) in [5, 5.41) is 3.22. The Labute approximate surface area is 207 Å². The van der Waals surface area contributed by atoms with Crippen LogP contribution >= 0.6 is 0 Å². The first-order chi connectivity index (χ1) is 17.6. The fourth-order valence-electron chi connectivity index (χ4n) is 4.32. The van der Waals surface area contributed by atoms with Crippen molar-refractivity contribution in [1.82, 2.24) is 0 Å². The number of ether oxygens (including phenoxy) is 1. The summed E-state index contributed by atoms with van der Waals surface area (Å²) < 4.78 is 35.0. The van der Waals surface area contributed by atoms with E-state index in [0.29, 0.717) is 22.8 Å². The van der Waals surface area contributed by atoms with Gasteiger partial charge in [0.25, 0.3) is 0 Å². The monoisotopic (exact) mass is 483 g/mol. The van der Waals surface area contributed by atoms with Gasteiger partial charge in [0.15, 0.2) is 0 Å². The third-order valence-electron chi connectivity index (χ3n) is 6.00. The van der Waals surface area contributed by atoms with Crippen molar-refractivity contribution in [2.45, 2.75) is 6.04 Å². The molecular formula is C28H23F2N5O. The van der Waals surface area contributed by atoms with Gasteiger partial charge in [0, 0.05) is 41.6 Å². The van der Waals surface area contributed by atoms with Crippen LogP contribution in [0.3, 0.4) is 0 Å². The van der Waals surface area contributed by atoms with Gasteiger partial charge in [-0.15, -0.1) is 0 Å². The quantitative estimate of drug-likeness (QED) is 0.544. The molecule has 2 heterocycles. The van der Waals surface area contributed by atoms with Crippen molar-refractivity contribution in [2.24, 2.45) is 26.6 Å². The summed E-state index contributed by atoms with van der Waals surface area (Å²) in [6, 6.07) is 16.4. The van der Waals surface area contributed by atoms with Gasteiger partial charge in [-0.3, -0.25) is 4.99 Å². The minimum absolute atomic E-state index is 0.169. The first-order valence-electron chi connectivity index (χ1n) is 11.4. The Morgan fingerprint density at radius 1 is 1.08 bits per heavy atom. The SMILES string of the molecule is COc1cccc(NC2=NC3c4ccc(C#CCN)cc4C(c4c(F)cccc4F)=NCC3C=N2)c1. The summed E-state index contributed by atoms with van der Waals surface area (Å²) in [5.41, 5.74) is 8.41. The highest BCUT2D eigenvalue weighted by Gasteiger charge is 2.32. The van der Waals surface area contributed by atoms with E-state index in [1.54, 1.807) is 19.4 Å². The van der Waals surface area contributed by atoms with Crippen molar-refractivity contribution in [3.63, 3.8) is 0 Å². The Hall–Kier alpha value is -4.35. The van der Waals surface area contributed by atoms with Gasteiger partial charge in [0.2, 0.25) is 5.96 Å². The summed E-state index contributed by atoms with van der Waals surface area (Å²) >= 11 is 0. The van der Waals surface area contributed by atoms with E-state index in [1.165, 1.54) is 18.2 Å². The van der Waals surface area contributed by atoms with Crippen molar-refractivity contribution in [1.29, 1.82) is 0 Å². The second-order valence-corrected chi connectivity index (χ2v) is 8.29. The third-order valence-corrected chi connectivity index (χ3v) is 6.00. The van der Waals surface area contributed by atoms with Gasteiger partial charge in [-0.25, -0.2) is 18.8 Å². The van der Waals surface area contributed by atoms with Crippen LogP contribution in [0, 0.1) is 29.4 Å². The lowest BCUT2D eigenvalue weighted by atomic mass is 9.88. The standard InChI is InChI=1S/C28H23F2N5O/c1-36-20-7-2-6-19(14-20)34-28-33-16-18-15-32-27(25-23(29)8-3-9-24(25)30)22-13-17(5-4-12-31)10-11-21(22)26(18)35-28/h2-3,6-11,13-14,16,18,26H,12,15,31H2,1H3,(H,34,35). The zero-order valence-electron chi connectivity index (χ0n) is 19.5. The van der Waals surface area contributed by atoms with E-state index < -0.39 is 11.6 Å². The van der Waals surface area contributed by atoms with Crippen LogP contribution in [0.4, 0.5) is 14.5 Å². The highest BCUT2D eigenvalue weighted by molar-refractivity contribution is 6.15. The Morgan fingerprint density at radius 2 is 1.89 bits per heavy atom. The largest absolute Gasteiger partial charge is 0.497 e. The number of aliphatic imine (C=N–C) groups is 3. The van der Waals surface area contributed by atoms with Crippen molar-refractivity contribution in [3.8, 4) is 17.6 Å². The first-order valence-corrected chi connectivity index (χ1v) is 11.4. The van der Waals surface area contributed by atoms with Crippen molar-refractivity contribution in [3.05, 3.63) is 94.6 Å². The predicted octanol–water partition coefficient (Wildman–Crippen LogP) is 4.34. The number of rotatable bonds is 3. The molecule has 0 spiro atoms. The highest BCUT2D eigenvalue weighted by atomic mass is 19.1. The van der Waals surface area contributed by atoms with E-state index in [0.717, 1.165) is 11.3 Å². The maximum Gasteiger partial charge on any atom is 0.222 e. The molecule has 2 aliphatic heterocycles. The van der Waals surface area contributed by atoms with E-state index in [1.807, 2.05) is 36.4 Å². The molecule has 0 saturated heterocycles. The zero-order chi connectivity index (χ0) is 25.1. The maximum atomic E-state index is 14.9. The number of anilines is 1. The molecule has 0 bridgehead atoms. The Kier molecular flexibility index (Phi) is 6.56. The van der Waals surface area contributed by atoms with Crippen LogP contribution in [0.15, 0.2) is 75.6 Å². The Balaban J connectivity index is 1.60. The van der Waals surface area contributed by atoms with E-state index >= 15 is 0 Å². The normalized spacial score (nSPS) is 18.0. The van der Waals surface area contributed by atoms with Gasteiger partial charge in [0.1, 0.15) is 17.4 Å². The number of hydrogen-bond acceptors (Lipinski definition) is 6. The van der Waals surface area contributed by atoms with Gasteiger partial charge in [-0.05, 0) is 42.0 Å². The molecule has 0 aromatic heterocycles. The lowest BCUT2D eigenvalue weighted by Gasteiger charge is -2.24. The number of nitrogens with one attached hydrogen (secondary N) is 1. The number of hydrogen-bond donors (Lipinski definition) is 2. The lowest BCUT2D eigenvalue weighted by Crippen LogP contribution is -2.24. The molecule has 2 atom stereocenters. The molecule has 3 N–H and O–H groups in total. The molecule has 0 fully saturated rings. The second kappa shape index (κ2) is 10.1. The van der Waals surface area contributed by atoms with Crippen molar-refractivity contribution < 1.29 is 13.5 Å². The predicted molar refractivity (Wildman–Crippen MR) is 138 cm³/mol. The van der Waals surface area contributed by atoms with Gasteiger partial charge < -0.3 is 15.8 Å². The summed E-state index contributed by atoms with van der Waals surface area (Å²) in [7, 11) is 1.60. The molecule has 36 heavy (non-hydrogen) atoms. The molecule has 0 radical (unpaired) electrons. The molecule has 6 nitrogen and oxygen atoms in total. The highest BCUT2D eigenvalue weighted by Crippen LogP contribution is 2.36. The van der Waals surface area contributed by atoms with Crippen LogP contribution in [-0.2, 0) is 0 Å². The number of benzene rings is 3. The summed E-state index contributed by atoms with van der Waals surface area (Å²) in [5.74, 6) is 5.40. The summed E-state index contributed by atoms with van der Waals surface area (Å²) in [4.78, 5) is 14.0. The number of nitrogens with zero attached hydrogens (tertiary/aromatic N) is 3. The first kappa shape index (κ1) is 23.4. The van der Waals surface area contributed by atoms with Crippen LogP contribution in [0.1, 0.15) is 28.3 Å². The zero-order valence-corrected chi connectivity index (χ0v) is 19.5. The van der Waals surface area contributed by atoms with Gasteiger partial charge in [-0.1, -0.05) is 30.0 Å². The Morgan fingerprint density at radius 3 is 2.67 bits per heavy atom. The van der Waals surface area contributed by atoms with Gasteiger partial charge >= 0.3 is 0 Å². The summed E-state index contributed by atoms with van der Waals surface area (Å²) in [6.45, 7) is 0.469. The van der Waals surface area contributed by atoms with Crippen LogP contribution < -0.4 is 15.8 Å². The number of guanidine groups is 1. The Bertz CT molecular complexity index is 1450. The molecule has 0 aliphatic carbocycles. The van der Waals surface area contributed by atoms with Gasteiger partial charge in [0.05, 0.1) is 31.0 Å². The number of nitrogens with two attached hydrogens (primary N) is 1. The fourth-order valence-corrected chi connectivity index (χ4v) is 4.32. The lowest BCUT2D eigenvalue weighted by molar-refractivity contribution is 0.415. The molecule has 0 saturated carbocycles. The van der Waals surface area contributed by atoms with Crippen LogP contribution in [0.5, 0.6) is 5.75 Å². The number of halogens is 2. The molecule has 3 aromatic rings. The minimum atomic E-state index is -0.680. The van der Waals surface area contributed by atoms with Crippen molar-refractivity contribution >= 4 is 23.6 Å². The average Bonchev–Trinajstić information content (AvgIpc) is 3.04. The molecule has 5 rings (SSSR count). The van der Waals surface area contributed by atoms with E-state index in [9.17, 15) is 8.78 Å². The maximum absolute atomic E-state index is 14.9. The van der Waals surface area contributed by atoms with Crippen LogP contribution in [-0.4, -0.2) is 38.1 Å². The number of methoxy groups -OCH3 is 1. The fraction of sp³-hybridized carbons (Fsp3) is 0.179. The second-order valence-electron chi connectivity index (χ2n) is 8.29. The molecule has 2 unspecified atom stereocenters. The average molecular weight is 484 g/mol. The molecule has 180 valence electrons. The molecule has 3 aromatic carbocycles. The smallest absolute Gasteiger partial charge is 0.222 e. The minimum Gasteiger partial charge on any atom is -0.497 e. The molecule has 8 heteroatoms. The molecule has 2 aliphatic rings. The van der Waals surface area contributed by atoms with Crippen LogP contribution in [0.2, 0.25) is 0 Å². The van der Waals surface area contributed by atoms with E-state index in [2.05, 4.69) is 27.1 Å². The summed E-state index contributed by atoms with van der Waals surface area (Å²) in [6.07, 6.45) is 1.79. The van der Waals surface area contributed by atoms with Crippen LogP contribution in [0.25, 0.3) is 0 Å². The number of fused-ring (bicyclic) bond motifs is 3. The molecule has 0 amide bonds. The van der Waals surface area contributed by atoms with Crippen molar-refractivity contribution in [2.75, 3.05) is 25.5 Å². The molecular weight excluding hydrogens is 460 g/mol. The topological polar surface area (TPSA) is 84.4 Å². The third kappa shape index (κ3) is 4.61.